The van der Waals surface area contributed by atoms with Gasteiger partial charge in [-0.2, -0.15) is 0 Å². The number of hydrogen-bond donors (Lipinski definition) is 3. The zero-order valence-corrected chi connectivity index (χ0v) is 10.9. The first-order valence-electron chi connectivity index (χ1n) is 5.94. The van der Waals surface area contributed by atoms with Gasteiger partial charge in [-0.05, 0) is 26.0 Å². The molecule has 0 bridgehead atoms. The molecule has 1 rings (SSSR count). The lowest BCUT2D eigenvalue weighted by Gasteiger charge is -2.24. The third kappa shape index (κ3) is 4.29. The summed E-state index contributed by atoms with van der Waals surface area (Å²) >= 11 is 0. The van der Waals surface area contributed by atoms with Crippen molar-refractivity contribution in [1.29, 1.82) is 0 Å². The van der Waals surface area contributed by atoms with Crippen LogP contribution in [0.15, 0.2) is 22.8 Å². The molecule has 0 saturated carbocycles. The fourth-order valence-corrected chi connectivity index (χ4v) is 1.53. The molecule has 1 heterocycles. The number of carboxylic acid groups (broad SMARTS) is 1. The number of carbonyl (C=O) groups excluding carboxylic acids is 1. The van der Waals surface area contributed by atoms with Crippen molar-refractivity contribution >= 4 is 12.0 Å². The van der Waals surface area contributed by atoms with Gasteiger partial charge in [0, 0.05) is 6.54 Å². The average Bonchev–Trinajstić information content (AvgIpc) is 2.84. The van der Waals surface area contributed by atoms with E-state index in [1.807, 2.05) is 0 Å². The molecule has 1 aromatic heterocycles. The second-order valence-corrected chi connectivity index (χ2v) is 4.10. The molecule has 0 radical (unpaired) electrons. The Morgan fingerprint density at radius 2 is 2.21 bits per heavy atom. The summed E-state index contributed by atoms with van der Waals surface area (Å²) in [5, 5.41) is 20.5. The normalized spacial score (nSPS) is 13.6. The molecule has 0 spiro atoms. The minimum absolute atomic E-state index is 0.238. The number of urea groups is 1. The summed E-state index contributed by atoms with van der Waals surface area (Å²) in [6.45, 7) is 3.70. The molecule has 2 amide bonds. The van der Waals surface area contributed by atoms with Gasteiger partial charge in [-0.25, -0.2) is 9.59 Å². The van der Waals surface area contributed by atoms with Gasteiger partial charge in [0.2, 0.25) is 0 Å². The Morgan fingerprint density at radius 1 is 1.53 bits per heavy atom. The Kier molecular flexibility index (Phi) is 5.37. The number of aliphatic hydroxyl groups is 1. The summed E-state index contributed by atoms with van der Waals surface area (Å²) in [7, 11) is 0. The standard InChI is InChI=1S/C12H18N2O5/c1-3-14(7-9-5-4-6-19-9)12(18)13-10(8(2)15)11(16)17/h4-6,8,10,15H,3,7H2,1-2H3,(H,13,18)(H,16,17)/t8-,10+/m1/s1. The van der Waals surface area contributed by atoms with Gasteiger partial charge in [-0.3, -0.25) is 0 Å². The number of nitrogens with zero attached hydrogens (tertiary/aromatic N) is 1. The second-order valence-electron chi connectivity index (χ2n) is 4.10. The molecule has 0 fully saturated rings. The van der Waals surface area contributed by atoms with Gasteiger partial charge in [0.05, 0.1) is 18.9 Å². The molecule has 0 aliphatic carbocycles. The minimum Gasteiger partial charge on any atom is -0.480 e. The Labute approximate surface area is 110 Å². The summed E-state index contributed by atoms with van der Waals surface area (Å²) in [4.78, 5) is 24.2. The fourth-order valence-electron chi connectivity index (χ4n) is 1.53. The molecule has 1 aromatic rings. The van der Waals surface area contributed by atoms with Crippen molar-refractivity contribution in [2.45, 2.75) is 32.5 Å². The highest BCUT2D eigenvalue weighted by atomic mass is 16.4. The maximum Gasteiger partial charge on any atom is 0.328 e. The van der Waals surface area contributed by atoms with Gasteiger partial charge >= 0.3 is 12.0 Å². The number of amides is 2. The Morgan fingerprint density at radius 3 is 2.63 bits per heavy atom. The molecule has 7 heteroatoms. The molecule has 0 unspecified atom stereocenters. The molecule has 7 nitrogen and oxygen atoms in total. The highest BCUT2D eigenvalue weighted by Crippen LogP contribution is 2.06. The third-order valence-corrected chi connectivity index (χ3v) is 2.62. The molecule has 19 heavy (non-hydrogen) atoms. The number of carbonyl (C=O) groups is 2. The average molecular weight is 270 g/mol. The van der Waals surface area contributed by atoms with Gasteiger partial charge in [0.15, 0.2) is 6.04 Å². The van der Waals surface area contributed by atoms with Crippen molar-refractivity contribution in [2.75, 3.05) is 6.54 Å². The van der Waals surface area contributed by atoms with Crippen LogP contribution >= 0.6 is 0 Å². The predicted octanol–water partition coefficient (Wildman–Crippen LogP) is 0.645. The van der Waals surface area contributed by atoms with E-state index in [1.54, 1.807) is 19.1 Å². The first-order valence-corrected chi connectivity index (χ1v) is 5.94. The van der Waals surface area contributed by atoms with E-state index < -0.39 is 24.1 Å². The van der Waals surface area contributed by atoms with Crippen LogP contribution in [-0.2, 0) is 11.3 Å². The highest BCUT2D eigenvalue weighted by molar-refractivity contribution is 5.83. The number of rotatable bonds is 6. The summed E-state index contributed by atoms with van der Waals surface area (Å²) in [5.74, 6) is -0.682. The van der Waals surface area contributed by atoms with Gasteiger partial charge in [-0.15, -0.1) is 0 Å². The topological polar surface area (TPSA) is 103 Å². The quantitative estimate of drug-likeness (QED) is 0.704. The van der Waals surface area contributed by atoms with Crippen molar-refractivity contribution in [3.63, 3.8) is 0 Å². The van der Waals surface area contributed by atoms with E-state index in [2.05, 4.69) is 5.32 Å². The molecule has 2 atom stereocenters. The first kappa shape index (κ1) is 15.0. The highest BCUT2D eigenvalue weighted by Gasteiger charge is 2.27. The second kappa shape index (κ2) is 6.79. The predicted molar refractivity (Wildman–Crippen MR) is 66.4 cm³/mol. The van der Waals surface area contributed by atoms with E-state index in [0.29, 0.717) is 12.3 Å². The van der Waals surface area contributed by atoms with E-state index in [4.69, 9.17) is 9.52 Å². The molecule has 0 aromatic carbocycles. The van der Waals surface area contributed by atoms with Crippen molar-refractivity contribution < 1.29 is 24.2 Å². The molecule has 106 valence electrons. The molecular formula is C12H18N2O5. The van der Waals surface area contributed by atoms with Crippen molar-refractivity contribution in [3.05, 3.63) is 24.2 Å². The van der Waals surface area contributed by atoms with Gasteiger partial charge in [-0.1, -0.05) is 0 Å². The fraction of sp³-hybridized carbons (Fsp3) is 0.500. The number of nitrogens with one attached hydrogen (secondary N) is 1. The smallest absolute Gasteiger partial charge is 0.328 e. The van der Waals surface area contributed by atoms with Crippen LogP contribution in [0.2, 0.25) is 0 Å². The molecule has 0 aliphatic rings. The van der Waals surface area contributed by atoms with E-state index in [0.717, 1.165) is 0 Å². The molecule has 0 aliphatic heterocycles. The summed E-state index contributed by atoms with van der Waals surface area (Å²) in [6.07, 6.45) is 0.320. The summed E-state index contributed by atoms with van der Waals surface area (Å²) in [5.41, 5.74) is 0. The van der Waals surface area contributed by atoms with E-state index >= 15 is 0 Å². The monoisotopic (exact) mass is 270 g/mol. The Hall–Kier alpha value is -2.02. The van der Waals surface area contributed by atoms with Crippen LogP contribution in [0.5, 0.6) is 0 Å². The largest absolute Gasteiger partial charge is 0.480 e. The lowest BCUT2D eigenvalue weighted by Crippen LogP contribution is -2.52. The maximum absolute atomic E-state index is 11.9. The van der Waals surface area contributed by atoms with Gasteiger partial charge < -0.3 is 24.8 Å². The zero-order valence-electron chi connectivity index (χ0n) is 10.9. The number of furan rings is 1. The van der Waals surface area contributed by atoms with E-state index in [9.17, 15) is 14.7 Å². The van der Waals surface area contributed by atoms with Gasteiger partial charge in [0.25, 0.3) is 0 Å². The van der Waals surface area contributed by atoms with Crippen LogP contribution in [0, 0.1) is 0 Å². The van der Waals surface area contributed by atoms with Crippen LogP contribution in [-0.4, -0.2) is 45.8 Å². The molecule has 3 N–H and O–H groups in total. The summed E-state index contributed by atoms with van der Waals surface area (Å²) in [6, 6.07) is 1.53. The number of aliphatic hydroxyl groups excluding tert-OH is 1. The van der Waals surface area contributed by atoms with Crippen molar-refractivity contribution in [1.82, 2.24) is 10.2 Å². The van der Waals surface area contributed by atoms with Crippen LogP contribution in [0.4, 0.5) is 4.79 Å². The van der Waals surface area contributed by atoms with E-state index in [1.165, 1.54) is 18.1 Å². The van der Waals surface area contributed by atoms with Crippen LogP contribution < -0.4 is 5.32 Å². The van der Waals surface area contributed by atoms with Crippen LogP contribution in [0.1, 0.15) is 19.6 Å². The zero-order chi connectivity index (χ0) is 14.4. The molecular weight excluding hydrogens is 252 g/mol. The number of aliphatic carboxylic acids is 1. The third-order valence-electron chi connectivity index (χ3n) is 2.62. The van der Waals surface area contributed by atoms with Crippen molar-refractivity contribution in [2.24, 2.45) is 0 Å². The SMILES string of the molecule is CCN(Cc1ccco1)C(=O)N[C@H](C(=O)O)[C@@H](C)O. The molecule has 0 saturated heterocycles. The Balaban J connectivity index is 2.65. The lowest BCUT2D eigenvalue weighted by atomic mass is 10.2. The maximum atomic E-state index is 11.9. The minimum atomic E-state index is -1.34. The number of carboxylic acids is 1. The Bertz CT molecular complexity index is 416. The van der Waals surface area contributed by atoms with Gasteiger partial charge in [0.1, 0.15) is 5.76 Å². The lowest BCUT2D eigenvalue weighted by molar-refractivity contribution is -0.141. The number of hydrogen-bond acceptors (Lipinski definition) is 4. The van der Waals surface area contributed by atoms with Crippen LogP contribution in [0.3, 0.4) is 0 Å². The summed E-state index contributed by atoms with van der Waals surface area (Å²) < 4.78 is 5.13. The van der Waals surface area contributed by atoms with Crippen LogP contribution in [0.25, 0.3) is 0 Å². The van der Waals surface area contributed by atoms with Crippen molar-refractivity contribution in [3.8, 4) is 0 Å². The first-order chi connectivity index (χ1) is 8.95. The van der Waals surface area contributed by atoms with E-state index in [-0.39, 0.29) is 6.54 Å².